The molecule has 2 heterocycles. The molecular formula is C11H13ClN4O2. The van der Waals surface area contributed by atoms with Crippen LogP contribution in [0.2, 0.25) is 5.15 Å². The molecule has 0 radical (unpaired) electrons. The third kappa shape index (κ3) is 2.15. The Morgan fingerprint density at radius 2 is 1.89 bits per heavy atom. The van der Waals surface area contributed by atoms with Crippen LogP contribution in [-0.4, -0.2) is 34.4 Å². The van der Waals surface area contributed by atoms with Gasteiger partial charge >= 0.3 is 0 Å². The molecule has 1 aromatic rings. The lowest BCUT2D eigenvalue weighted by Gasteiger charge is -2.32. The highest BCUT2D eigenvalue weighted by Crippen LogP contribution is 2.25. The molecule has 0 bridgehead atoms. The van der Waals surface area contributed by atoms with E-state index in [1.54, 1.807) is 25.7 Å². The Kier molecular flexibility index (Phi) is 3.21. The predicted molar refractivity (Wildman–Crippen MR) is 66.5 cm³/mol. The first-order valence-electron chi connectivity index (χ1n) is 5.51. The van der Waals surface area contributed by atoms with Gasteiger partial charge in [0.05, 0.1) is 17.9 Å². The number of aryl methyl sites for hydroxylation is 2. The van der Waals surface area contributed by atoms with Crippen LogP contribution in [0.15, 0.2) is 0 Å². The summed E-state index contributed by atoms with van der Waals surface area (Å²) in [7, 11) is 0. The molecule has 1 saturated heterocycles. The Balaban J connectivity index is 2.44. The number of carbonyl (C=O) groups is 2. The van der Waals surface area contributed by atoms with Gasteiger partial charge in [0.2, 0.25) is 11.8 Å². The molecule has 0 aliphatic carbocycles. The zero-order valence-electron chi connectivity index (χ0n) is 10.3. The van der Waals surface area contributed by atoms with Crippen molar-refractivity contribution in [3.63, 3.8) is 0 Å². The van der Waals surface area contributed by atoms with Crippen LogP contribution < -0.4 is 10.2 Å². The quantitative estimate of drug-likeness (QED) is 0.755. The molecule has 6 nitrogen and oxygen atoms in total. The maximum atomic E-state index is 11.6. The number of hydrogen-bond acceptors (Lipinski definition) is 5. The minimum absolute atomic E-state index is 0.0454. The van der Waals surface area contributed by atoms with E-state index in [1.807, 2.05) is 0 Å². The smallest absolute Gasteiger partial charge is 0.249 e. The summed E-state index contributed by atoms with van der Waals surface area (Å²) in [6, 6.07) is -0.503. The van der Waals surface area contributed by atoms with Gasteiger partial charge in [-0.1, -0.05) is 11.6 Å². The van der Waals surface area contributed by atoms with Crippen molar-refractivity contribution >= 4 is 29.2 Å². The molecule has 1 fully saturated rings. The van der Waals surface area contributed by atoms with Crippen molar-refractivity contribution in [2.75, 3.05) is 11.4 Å². The second kappa shape index (κ2) is 4.53. The van der Waals surface area contributed by atoms with Crippen molar-refractivity contribution in [1.29, 1.82) is 0 Å². The Bertz CT molecular complexity index is 532. The number of hydrogen-bond donors (Lipinski definition) is 1. The lowest BCUT2D eigenvalue weighted by atomic mass is 10.2. The molecule has 0 aromatic carbocycles. The molecule has 1 aromatic heterocycles. The van der Waals surface area contributed by atoms with Crippen LogP contribution in [0.3, 0.4) is 0 Å². The highest BCUT2D eigenvalue weighted by atomic mass is 35.5. The fourth-order valence-corrected chi connectivity index (χ4v) is 2.00. The van der Waals surface area contributed by atoms with Gasteiger partial charge in [-0.15, -0.1) is 0 Å². The minimum Gasteiger partial charge on any atom is -0.333 e. The van der Waals surface area contributed by atoms with Crippen LogP contribution in [0.25, 0.3) is 0 Å². The fourth-order valence-electron chi connectivity index (χ4n) is 1.72. The van der Waals surface area contributed by atoms with Crippen molar-refractivity contribution in [2.24, 2.45) is 0 Å². The summed E-state index contributed by atoms with van der Waals surface area (Å²) in [4.78, 5) is 33.0. The average Bonchev–Trinajstić information content (AvgIpc) is 2.29. The molecule has 7 heteroatoms. The second-order valence-electron chi connectivity index (χ2n) is 4.23. The normalized spacial score (nSPS) is 20.0. The van der Waals surface area contributed by atoms with Gasteiger partial charge in [-0.2, -0.15) is 0 Å². The monoisotopic (exact) mass is 268 g/mol. The summed E-state index contributed by atoms with van der Waals surface area (Å²) < 4.78 is 0. The first-order chi connectivity index (χ1) is 8.40. The number of nitrogens with one attached hydrogen (secondary N) is 1. The van der Waals surface area contributed by atoms with E-state index >= 15 is 0 Å². The first-order valence-corrected chi connectivity index (χ1v) is 5.89. The van der Waals surface area contributed by atoms with Crippen molar-refractivity contribution in [1.82, 2.24) is 15.3 Å². The third-order valence-corrected chi connectivity index (χ3v) is 3.20. The van der Waals surface area contributed by atoms with Crippen molar-refractivity contribution in [2.45, 2.75) is 26.8 Å². The van der Waals surface area contributed by atoms with Crippen LogP contribution in [0.4, 0.5) is 5.82 Å². The van der Waals surface area contributed by atoms with Crippen LogP contribution in [0.5, 0.6) is 0 Å². The SMILES string of the molecule is Cc1nc(Cl)c(N2CC(=O)NC(=O)C2C)nc1C. The van der Waals surface area contributed by atoms with Gasteiger partial charge in [-0.25, -0.2) is 9.97 Å². The number of amides is 2. The number of imide groups is 1. The van der Waals surface area contributed by atoms with Crippen molar-refractivity contribution in [3.8, 4) is 0 Å². The third-order valence-electron chi connectivity index (χ3n) is 2.94. The summed E-state index contributed by atoms with van der Waals surface area (Å²) >= 11 is 6.04. The van der Waals surface area contributed by atoms with E-state index in [2.05, 4.69) is 15.3 Å². The summed E-state index contributed by atoms with van der Waals surface area (Å²) in [6.07, 6.45) is 0. The number of nitrogens with zero attached hydrogens (tertiary/aromatic N) is 3. The lowest BCUT2D eigenvalue weighted by molar-refractivity contribution is -0.132. The number of rotatable bonds is 1. The van der Waals surface area contributed by atoms with Gasteiger partial charge in [-0.3, -0.25) is 14.9 Å². The Morgan fingerprint density at radius 3 is 2.56 bits per heavy atom. The van der Waals surface area contributed by atoms with Crippen LogP contribution in [0.1, 0.15) is 18.3 Å². The molecule has 1 aliphatic rings. The van der Waals surface area contributed by atoms with Gasteiger partial charge in [0, 0.05) is 0 Å². The number of halogens is 1. The lowest BCUT2D eigenvalue weighted by Crippen LogP contribution is -2.57. The summed E-state index contributed by atoms with van der Waals surface area (Å²) in [5.74, 6) is -0.355. The predicted octanol–water partition coefficient (Wildman–Crippen LogP) is 0.598. The molecule has 1 atom stereocenters. The molecule has 1 N–H and O–H groups in total. The molecule has 0 saturated carbocycles. The van der Waals surface area contributed by atoms with E-state index in [0.29, 0.717) is 5.82 Å². The van der Waals surface area contributed by atoms with Gasteiger partial charge in [0.15, 0.2) is 11.0 Å². The Labute approximate surface area is 109 Å². The van der Waals surface area contributed by atoms with Crippen molar-refractivity contribution < 1.29 is 9.59 Å². The van der Waals surface area contributed by atoms with Crippen molar-refractivity contribution in [3.05, 3.63) is 16.5 Å². The summed E-state index contributed by atoms with van der Waals surface area (Å²) in [5.41, 5.74) is 1.45. The molecule has 1 unspecified atom stereocenters. The topological polar surface area (TPSA) is 75.2 Å². The number of anilines is 1. The van der Waals surface area contributed by atoms with E-state index in [9.17, 15) is 9.59 Å². The zero-order chi connectivity index (χ0) is 13.4. The van der Waals surface area contributed by atoms with Gasteiger partial charge in [-0.05, 0) is 20.8 Å². The number of carbonyl (C=O) groups excluding carboxylic acids is 2. The molecule has 0 spiro atoms. The summed E-state index contributed by atoms with van der Waals surface area (Å²) in [5, 5.41) is 2.46. The van der Waals surface area contributed by atoms with Gasteiger partial charge < -0.3 is 4.90 Å². The maximum Gasteiger partial charge on any atom is 0.249 e. The zero-order valence-corrected chi connectivity index (χ0v) is 11.1. The fraction of sp³-hybridized carbons (Fsp3) is 0.455. The van der Waals surface area contributed by atoms with Crippen LogP contribution in [-0.2, 0) is 9.59 Å². The Morgan fingerprint density at radius 1 is 1.28 bits per heavy atom. The van der Waals surface area contributed by atoms with Gasteiger partial charge in [0.25, 0.3) is 0 Å². The highest BCUT2D eigenvalue weighted by Gasteiger charge is 2.32. The molecule has 96 valence electrons. The number of piperazine rings is 1. The van der Waals surface area contributed by atoms with Gasteiger partial charge in [0.1, 0.15) is 6.04 Å². The van der Waals surface area contributed by atoms with Crippen LogP contribution >= 0.6 is 11.6 Å². The van der Waals surface area contributed by atoms with E-state index < -0.39 is 6.04 Å². The second-order valence-corrected chi connectivity index (χ2v) is 4.58. The van der Waals surface area contributed by atoms with Crippen LogP contribution in [0, 0.1) is 13.8 Å². The largest absolute Gasteiger partial charge is 0.333 e. The van der Waals surface area contributed by atoms with E-state index in [4.69, 9.17) is 11.6 Å². The standard InChI is InChI=1S/C11H13ClN4O2/c1-5-6(2)14-10(9(12)13-5)16-4-8(17)15-11(18)7(16)3/h7H,4H2,1-3H3,(H,15,17,18). The molecule has 2 rings (SSSR count). The highest BCUT2D eigenvalue weighted by molar-refractivity contribution is 6.32. The Hall–Kier alpha value is -1.69. The summed E-state index contributed by atoms with van der Waals surface area (Å²) in [6.45, 7) is 5.34. The molecule has 2 amide bonds. The van der Waals surface area contributed by atoms with E-state index in [-0.39, 0.29) is 23.5 Å². The minimum atomic E-state index is -0.503. The van der Waals surface area contributed by atoms with E-state index in [0.717, 1.165) is 11.4 Å². The first kappa shape index (κ1) is 12.8. The molecule has 1 aliphatic heterocycles. The average molecular weight is 269 g/mol. The van der Waals surface area contributed by atoms with E-state index in [1.165, 1.54) is 0 Å². The molecular weight excluding hydrogens is 256 g/mol. The number of aromatic nitrogens is 2. The maximum absolute atomic E-state index is 11.6. The molecule has 18 heavy (non-hydrogen) atoms.